The van der Waals surface area contributed by atoms with Gasteiger partial charge in [0.05, 0.1) is 0 Å². The average Bonchev–Trinajstić information content (AvgIpc) is 2.62. The summed E-state index contributed by atoms with van der Waals surface area (Å²) >= 11 is 0. The van der Waals surface area contributed by atoms with Gasteiger partial charge in [0.25, 0.3) is 0 Å². The summed E-state index contributed by atoms with van der Waals surface area (Å²) in [5.41, 5.74) is 2.19. The van der Waals surface area contributed by atoms with Crippen LogP contribution in [0.4, 0.5) is 0 Å². The molecule has 0 amide bonds. The summed E-state index contributed by atoms with van der Waals surface area (Å²) in [7, 11) is 0. The monoisotopic (exact) mass is 320 g/mol. The van der Waals surface area contributed by atoms with Crippen LogP contribution in [-0.2, 0) is 17.6 Å². The van der Waals surface area contributed by atoms with Crippen LogP contribution < -0.4 is 4.74 Å². The van der Waals surface area contributed by atoms with Gasteiger partial charge >= 0.3 is 5.97 Å². The largest absolute Gasteiger partial charge is 0.478 e. The van der Waals surface area contributed by atoms with Crippen LogP contribution in [0.5, 0.6) is 5.75 Å². The van der Waals surface area contributed by atoms with E-state index in [1.807, 2.05) is 66.7 Å². The molecule has 0 aliphatic rings. The maximum atomic E-state index is 11.6. The highest BCUT2D eigenvalue weighted by molar-refractivity contribution is 5.88. The third kappa shape index (κ3) is 3.57. The van der Waals surface area contributed by atoms with Crippen molar-refractivity contribution in [3.8, 4) is 5.75 Å². The van der Waals surface area contributed by atoms with E-state index in [-0.39, 0.29) is 0 Å². The molecule has 122 valence electrons. The summed E-state index contributed by atoms with van der Waals surface area (Å²) in [6, 6.07) is 21.5. The van der Waals surface area contributed by atoms with E-state index >= 15 is 0 Å². The highest BCUT2D eigenvalue weighted by atomic mass is 16.5. The van der Waals surface area contributed by atoms with Gasteiger partial charge in [0.1, 0.15) is 5.75 Å². The molecule has 0 heterocycles. The first-order valence-corrected chi connectivity index (χ1v) is 8.12. The molecular weight excluding hydrogens is 300 g/mol. The van der Waals surface area contributed by atoms with Gasteiger partial charge in [-0.1, -0.05) is 67.6 Å². The Kier molecular flexibility index (Phi) is 4.80. The van der Waals surface area contributed by atoms with E-state index in [0.29, 0.717) is 12.2 Å². The van der Waals surface area contributed by atoms with E-state index in [0.717, 1.165) is 22.8 Å². The minimum absolute atomic E-state index is 0.336. The lowest BCUT2D eigenvalue weighted by molar-refractivity contribution is -0.144. The van der Waals surface area contributed by atoms with Gasteiger partial charge in [-0.05, 0) is 29.0 Å². The van der Waals surface area contributed by atoms with Crippen molar-refractivity contribution < 1.29 is 14.6 Å². The average molecular weight is 320 g/mol. The Morgan fingerprint density at radius 3 is 2.33 bits per heavy atom. The fourth-order valence-corrected chi connectivity index (χ4v) is 2.76. The summed E-state index contributed by atoms with van der Waals surface area (Å²) in [4.78, 5) is 11.6. The van der Waals surface area contributed by atoms with Crippen molar-refractivity contribution in [3.63, 3.8) is 0 Å². The SMILES string of the molecule is CCc1ccc(CC(Oc2cccc3ccccc23)C(=O)O)cc1. The van der Waals surface area contributed by atoms with Crippen LogP contribution in [-0.4, -0.2) is 17.2 Å². The Morgan fingerprint density at radius 1 is 0.958 bits per heavy atom. The van der Waals surface area contributed by atoms with E-state index in [2.05, 4.69) is 6.92 Å². The summed E-state index contributed by atoms with van der Waals surface area (Å²) in [5, 5.41) is 11.5. The van der Waals surface area contributed by atoms with E-state index in [9.17, 15) is 9.90 Å². The normalized spacial score (nSPS) is 12.0. The van der Waals surface area contributed by atoms with Gasteiger partial charge in [-0.15, -0.1) is 0 Å². The van der Waals surface area contributed by atoms with Gasteiger partial charge in [-0.3, -0.25) is 0 Å². The quantitative estimate of drug-likeness (QED) is 0.728. The van der Waals surface area contributed by atoms with Crippen LogP contribution in [0.2, 0.25) is 0 Å². The highest BCUT2D eigenvalue weighted by Gasteiger charge is 2.21. The van der Waals surface area contributed by atoms with Crippen LogP contribution in [0.25, 0.3) is 10.8 Å². The zero-order valence-electron chi connectivity index (χ0n) is 13.6. The van der Waals surface area contributed by atoms with Gasteiger partial charge in [-0.2, -0.15) is 0 Å². The Balaban J connectivity index is 1.84. The van der Waals surface area contributed by atoms with Crippen molar-refractivity contribution in [1.82, 2.24) is 0 Å². The van der Waals surface area contributed by atoms with Crippen molar-refractivity contribution in [2.45, 2.75) is 25.9 Å². The summed E-state index contributed by atoms with van der Waals surface area (Å²) in [5.74, 6) is -0.354. The fourth-order valence-electron chi connectivity index (χ4n) is 2.76. The van der Waals surface area contributed by atoms with Crippen molar-refractivity contribution in [1.29, 1.82) is 0 Å². The van der Waals surface area contributed by atoms with Crippen molar-refractivity contribution >= 4 is 16.7 Å². The molecule has 3 rings (SSSR count). The first-order valence-electron chi connectivity index (χ1n) is 8.12. The van der Waals surface area contributed by atoms with Crippen LogP contribution in [0.3, 0.4) is 0 Å². The molecule has 0 bridgehead atoms. The number of rotatable bonds is 6. The minimum atomic E-state index is -0.956. The lowest BCUT2D eigenvalue weighted by Crippen LogP contribution is -2.29. The van der Waals surface area contributed by atoms with Crippen molar-refractivity contribution in [2.75, 3.05) is 0 Å². The number of ether oxygens (including phenoxy) is 1. The Hall–Kier alpha value is -2.81. The lowest BCUT2D eigenvalue weighted by Gasteiger charge is -2.17. The van der Waals surface area contributed by atoms with Crippen LogP contribution in [0.1, 0.15) is 18.1 Å². The number of hydrogen-bond acceptors (Lipinski definition) is 2. The highest BCUT2D eigenvalue weighted by Crippen LogP contribution is 2.26. The molecule has 0 fully saturated rings. The number of hydrogen-bond donors (Lipinski definition) is 1. The predicted octanol–water partition coefficient (Wildman–Crippen LogP) is 4.48. The molecule has 0 saturated carbocycles. The molecule has 0 aromatic heterocycles. The number of carboxylic acids is 1. The number of aliphatic carboxylic acids is 1. The zero-order valence-corrected chi connectivity index (χ0v) is 13.6. The van der Waals surface area contributed by atoms with Gasteiger partial charge < -0.3 is 9.84 Å². The fraction of sp³-hybridized carbons (Fsp3) is 0.190. The first kappa shape index (κ1) is 16.1. The molecule has 3 aromatic rings. The predicted molar refractivity (Wildman–Crippen MR) is 95.5 cm³/mol. The second kappa shape index (κ2) is 7.18. The van der Waals surface area contributed by atoms with Crippen LogP contribution >= 0.6 is 0 Å². The molecule has 0 aliphatic carbocycles. The van der Waals surface area contributed by atoms with Gasteiger partial charge in [0.2, 0.25) is 0 Å². The number of benzene rings is 3. The maximum Gasteiger partial charge on any atom is 0.345 e. The molecule has 1 unspecified atom stereocenters. The van der Waals surface area contributed by atoms with Gasteiger partial charge in [0, 0.05) is 11.8 Å². The second-order valence-corrected chi connectivity index (χ2v) is 5.80. The van der Waals surface area contributed by atoms with Crippen LogP contribution in [0, 0.1) is 0 Å². The maximum absolute atomic E-state index is 11.6. The molecule has 3 nitrogen and oxygen atoms in total. The molecule has 1 N–H and O–H groups in total. The smallest absolute Gasteiger partial charge is 0.345 e. The third-order valence-electron chi connectivity index (χ3n) is 4.15. The number of fused-ring (bicyclic) bond motifs is 1. The Labute approximate surface area is 141 Å². The molecule has 0 radical (unpaired) electrons. The number of carboxylic acid groups (broad SMARTS) is 1. The topological polar surface area (TPSA) is 46.5 Å². The van der Waals surface area contributed by atoms with Gasteiger partial charge in [-0.25, -0.2) is 4.79 Å². The molecule has 24 heavy (non-hydrogen) atoms. The summed E-state index contributed by atoms with van der Waals surface area (Å²) in [6.45, 7) is 2.10. The second-order valence-electron chi connectivity index (χ2n) is 5.80. The molecule has 3 heteroatoms. The Morgan fingerprint density at radius 2 is 1.62 bits per heavy atom. The summed E-state index contributed by atoms with van der Waals surface area (Å²) < 4.78 is 5.85. The molecule has 0 aliphatic heterocycles. The van der Waals surface area contributed by atoms with Gasteiger partial charge in [0.15, 0.2) is 6.10 Å². The molecule has 3 aromatic carbocycles. The van der Waals surface area contributed by atoms with E-state index < -0.39 is 12.1 Å². The van der Waals surface area contributed by atoms with E-state index in [1.165, 1.54) is 5.56 Å². The molecular formula is C21H20O3. The minimum Gasteiger partial charge on any atom is -0.478 e. The van der Waals surface area contributed by atoms with Crippen molar-refractivity contribution in [2.24, 2.45) is 0 Å². The van der Waals surface area contributed by atoms with Crippen LogP contribution in [0.15, 0.2) is 66.7 Å². The van der Waals surface area contributed by atoms with Crippen molar-refractivity contribution in [3.05, 3.63) is 77.9 Å². The summed E-state index contributed by atoms with van der Waals surface area (Å²) in [6.07, 6.45) is 0.390. The van der Waals surface area contributed by atoms with E-state index in [4.69, 9.17) is 4.74 Å². The zero-order chi connectivity index (χ0) is 16.9. The lowest BCUT2D eigenvalue weighted by atomic mass is 10.0. The first-order chi connectivity index (χ1) is 11.7. The number of aryl methyl sites for hydroxylation is 1. The Bertz CT molecular complexity index is 832. The standard InChI is InChI=1S/C21H20O3/c1-2-15-10-12-16(13-11-15)14-20(21(22)23)24-19-9-5-7-17-6-3-4-8-18(17)19/h3-13,20H,2,14H2,1H3,(H,22,23). The molecule has 1 atom stereocenters. The number of carbonyl (C=O) groups is 1. The molecule has 0 spiro atoms. The molecule has 0 saturated heterocycles. The third-order valence-corrected chi connectivity index (χ3v) is 4.15. The van der Waals surface area contributed by atoms with E-state index in [1.54, 1.807) is 0 Å².